The van der Waals surface area contributed by atoms with E-state index in [-0.39, 0.29) is 5.91 Å². The van der Waals surface area contributed by atoms with Gasteiger partial charge in [-0.1, -0.05) is 26.2 Å². The van der Waals surface area contributed by atoms with Crippen molar-refractivity contribution in [2.45, 2.75) is 76.8 Å². The second kappa shape index (κ2) is 7.13. The van der Waals surface area contributed by atoms with Crippen LogP contribution < -0.4 is 10.6 Å². The minimum absolute atomic E-state index is 0.269. The van der Waals surface area contributed by atoms with Crippen molar-refractivity contribution in [1.29, 1.82) is 0 Å². The standard InChI is InChI=1S/C15H28N2O/c1-2-12-5-3-6-14(11-12)17-15(18)9-8-13-7-4-10-16-13/h12-14,16H,2-11H2,1H3,(H,17,18). The van der Waals surface area contributed by atoms with Gasteiger partial charge in [0.1, 0.15) is 0 Å². The average Bonchev–Trinajstić information content (AvgIpc) is 2.90. The van der Waals surface area contributed by atoms with E-state index in [4.69, 9.17) is 0 Å². The number of carbonyl (C=O) groups excluding carboxylic acids is 1. The van der Waals surface area contributed by atoms with Crippen molar-refractivity contribution in [2.24, 2.45) is 5.92 Å². The van der Waals surface area contributed by atoms with Crippen LogP contribution in [0.25, 0.3) is 0 Å². The lowest BCUT2D eigenvalue weighted by molar-refractivity contribution is -0.122. The molecule has 1 heterocycles. The van der Waals surface area contributed by atoms with E-state index >= 15 is 0 Å². The molecular formula is C15H28N2O. The zero-order chi connectivity index (χ0) is 12.8. The Bertz CT molecular complexity index is 261. The molecule has 0 aromatic rings. The van der Waals surface area contributed by atoms with E-state index in [2.05, 4.69) is 17.6 Å². The molecule has 3 atom stereocenters. The van der Waals surface area contributed by atoms with Gasteiger partial charge in [-0.2, -0.15) is 0 Å². The number of carbonyl (C=O) groups is 1. The molecule has 3 unspecified atom stereocenters. The first-order valence-electron chi connectivity index (χ1n) is 7.80. The number of rotatable bonds is 5. The van der Waals surface area contributed by atoms with Gasteiger partial charge in [0.15, 0.2) is 0 Å². The third-order valence-corrected chi connectivity index (χ3v) is 4.61. The van der Waals surface area contributed by atoms with E-state index in [0.29, 0.717) is 18.5 Å². The fourth-order valence-electron chi connectivity index (χ4n) is 3.40. The van der Waals surface area contributed by atoms with E-state index in [9.17, 15) is 4.79 Å². The molecule has 104 valence electrons. The van der Waals surface area contributed by atoms with Crippen LogP contribution in [0, 0.1) is 5.92 Å². The van der Waals surface area contributed by atoms with E-state index in [1.165, 1.54) is 44.9 Å². The van der Waals surface area contributed by atoms with E-state index in [0.717, 1.165) is 18.9 Å². The third kappa shape index (κ3) is 4.27. The fourth-order valence-corrected chi connectivity index (χ4v) is 3.40. The van der Waals surface area contributed by atoms with Crippen molar-refractivity contribution in [3.05, 3.63) is 0 Å². The summed E-state index contributed by atoms with van der Waals surface area (Å²) in [7, 11) is 0. The highest BCUT2D eigenvalue weighted by Gasteiger charge is 2.22. The van der Waals surface area contributed by atoms with E-state index in [1.54, 1.807) is 0 Å². The Balaban J connectivity index is 1.63. The van der Waals surface area contributed by atoms with Gasteiger partial charge in [-0.25, -0.2) is 0 Å². The fraction of sp³-hybridized carbons (Fsp3) is 0.933. The first kappa shape index (κ1) is 13.9. The van der Waals surface area contributed by atoms with Crippen LogP contribution in [0.4, 0.5) is 0 Å². The van der Waals surface area contributed by atoms with Gasteiger partial charge in [-0.05, 0) is 44.6 Å². The second-order valence-electron chi connectivity index (χ2n) is 6.04. The van der Waals surface area contributed by atoms with Crippen LogP contribution in [-0.4, -0.2) is 24.5 Å². The lowest BCUT2D eigenvalue weighted by Crippen LogP contribution is -2.38. The summed E-state index contributed by atoms with van der Waals surface area (Å²) in [4.78, 5) is 11.9. The molecule has 0 radical (unpaired) electrons. The summed E-state index contributed by atoms with van der Waals surface area (Å²) in [5.41, 5.74) is 0. The van der Waals surface area contributed by atoms with Crippen molar-refractivity contribution < 1.29 is 4.79 Å². The molecule has 2 aliphatic rings. The monoisotopic (exact) mass is 252 g/mol. The summed E-state index contributed by atoms with van der Waals surface area (Å²) >= 11 is 0. The van der Waals surface area contributed by atoms with Crippen LogP contribution >= 0.6 is 0 Å². The Morgan fingerprint density at radius 3 is 2.89 bits per heavy atom. The van der Waals surface area contributed by atoms with Crippen LogP contribution in [0.5, 0.6) is 0 Å². The van der Waals surface area contributed by atoms with Gasteiger partial charge < -0.3 is 10.6 Å². The van der Waals surface area contributed by atoms with Crippen LogP contribution in [0.15, 0.2) is 0 Å². The molecule has 2 fully saturated rings. The largest absolute Gasteiger partial charge is 0.353 e. The SMILES string of the molecule is CCC1CCCC(NC(=O)CCC2CCCN2)C1. The first-order valence-corrected chi connectivity index (χ1v) is 7.80. The molecule has 18 heavy (non-hydrogen) atoms. The van der Waals surface area contributed by atoms with Gasteiger partial charge in [-0.3, -0.25) is 4.79 Å². The number of hydrogen-bond donors (Lipinski definition) is 2. The molecule has 1 saturated heterocycles. The summed E-state index contributed by atoms with van der Waals surface area (Å²) in [6.45, 7) is 3.40. The Labute approximate surface area is 111 Å². The maximum absolute atomic E-state index is 11.9. The van der Waals surface area contributed by atoms with Crippen LogP contribution in [0.3, 0.4) is 0 Å². The van der Waals surface area contributed by atoms with Gasteiger partial charge in [0.2, 0.25) is 5.91 Å². The van der Waals surface area contributed by atoms with Gasteiger partial charge in [-0.15, -0.1) is 0 Å². The van der Waals surface area contributed by atoms with Crippen molar-refractivity contribution in [2.75, 3.05) is 6.54 Å². The van der Waals surface area contributed by atoms with Crippen molar-refractivity contribution in [3.63, 3.8) is 0 Å². The summed E-state index contributed by atoms with van der Waals surface area (Å²) in [6, 6.07) is 1.04. The average molecular weight is 252 g/mol. The van der Waals surface area contributed by atoms with Crippen LogP contribution in [0.2, 0.25) is 0 Å². The predicted molar refractivity (Wildman–Crippen MR) is 74.4 cm³/mol. The lowest BCUT2D eigenvalue weighted by atomic mass is 9.84. The summed E-state index contributed by atoms with van der Waals surface area (Å²) in [6.07, 6.45) is 10.5. The molecule has 1 amide bonds. The Morgan fingerprint density at radius 1 is 1.28 bits per heavy atom. The minimum atomic E-state index is 0.269. The highest BCUT2D eigenvalue weighted by atomic mass is 16.1. The molecule has 0 spiro atoms. The lowest BCUT2D eigenvalue weighted by Gasteiger charge is -2.29. The topological polar surface area (TPSA) is 41.1 Å². The highest BCUT2D eigenvalue weighted by Crippen LogP contribution is 2.26. The van der Waals surface area contributed by atoms with Crippen LogP contribution in [0.1, 0.15) is 64.7 Å². The summed E-state index contributed by atoms with van der Waals surface area (Å²) in [5.74, 6) is 1.10. The van der Waals surface area contributed by atoms with Crippen molar-refractivity contribution in [3.8, 4) is 0 Å². The smallest absolute Gasteiger partial charge is 0.220 e. The molecule has 2 N–H and O–H groups in total. The Morgan fingerprint density at radius 2 is 2.17 bits per heavy atom. The van der Waals surface area contributed by atoms with Crippen molar-refractivity contribution in [1.82, 2.24) is 10.6 Å². The number of nitrogens with one attached hydrogen (secondary N) is 2. The molecule has 1 aliphatic carbocycles. The minimum Gasteiger partial charge on any atom is -0.353 e. The molecule has 1 saturated carbocycles. The molecule has 0 aromatic heterocycles. The van der Waals surface area contributed by atoms with Gasteiger partial charge in [0.25, 0.3) is 0 Å². The zero-order valence-corrected chi connectivity index (χ0v) is 11.7. The Kier molecular flexibility index (Phi) is 5.48. The molecule has 3 heteroatoms. The molecule has 0 aromatic carbocycles. The zero-order valence-electron chi connectivity index (χ0n) is 11.7. The van der Waals surface area contributed by atoms with E-state index in [1.807, 2.05) is 0 Å². The van der Waals surface area contributed by atoms with Gasteiger partial charge in [0.05, 0.1) is 0 Å². The maximum atomic E-state index is 11.9. The van der Waals surface area contributed by atoms with Crippen molar-refractivity contribution >= 4 is 5.91 Å². The first-order chi connectivity index (χ1) is 8.78. The highest BCUT2D eigenvalue weighted by molar-refractivity contribution is 5.76. The third-order valence-electron chi connectivity index (χ3n) is 4.61. The van der Waals surface area contributed by atoms with Crippen LogP contribution in [-0.2, 0) is 4.79 Å². The predicted octanol–water partition coefficient (Wildman–Crippen LogP) is 2.60. The molecule has 1 aliphatic heterocycles. The molecule has 0 bridgehead atoms. The normalized spacial score (nSPS) is 32.4. The quantitative estimate of drug-likeness (QED) is 0.789. The van der Waals surface area contributed by atoms with Gasteiger partial charge >= 0.3 is 0 Å². The Hall–Kier alpha value is -0.570. The summed E-state index contributed by atoms with van der Waals surface area (Å²) < 4.78 is 0. The number of hydrogen-bond acceptors (Lipinski definition) is 2. The summed E-state index contributed by atoms with van der Waals surface area (Å²) in [5, 5.41) is 6.69. The molecular weight excluding hydrogens is 224 g/mol. The molecule has 3 nitrogen and oxygen atoms in total. The second-order valence-corrected chi connectivity index (χ2v) is 6.04. The van der Waals surface area contributed by atoms with Gasteiger partial charge in [0, 0.05) is 18.5 Å². The number of amides is 1. The maximum Gasteiger partial charge on any atom is 0.220 e. The molecule has 2 rings (SSSR count). The van der Waals surface area contributed by atoms with E-state index < -0.39 is 0 Å².